The minimum absolute atomic E-state index is 0.131. The average Bonchev–Trinajstić information content (AvgIpc) is 3.24. The monoisotopic (exact) mass is 407 g/mol. The van der Waals surface area contributed by atoms with Crippen LogP contribution in [0.1, 0.15) is 19.8 Å². The molecule has 154 valence electrons. The van der Waals surface area contributed by atoms with Crippen LogP contribution in [0.15, 0.2) is 34.7 Å². The fraction of sp³-hybridized carbons (Fsp3) is 0.286. The van der Waals surface area contributed by atoms with Crippen molar-refractivity contribution in [3.63, 3.8) is 0 Å². The summed E-state index contributed by atoms with van der Waals surface area (Å²) in [4.78, 5) is 20.5. The molecule has 0 saturated carbocycles. The van der Waals surface area contributed by atoms with Crippen molar-refractivity contribution in [2.24, 2.45) is 5.73 Å². The number of nitrogens with zero attached hydrogens (tertiary/aromatic N) is 3. The largest absolute Gasteiger partial charge is 0.491 e. The van der Waals surface area contributed by atoms with Gasteiger partial charge in [-0.2, -0.15) is 4.98 Å². The van der Waals surface area contributed by atoms with Crippen molar-refractivity contribution in [1.29, 1.82) is 0 Å². The molecule has 1 amide bonds. The Morgan fingerprint density at radius 2 is 2.07 bits per heavy atom. The highest BCUT2D eigenvalue weighted by atomic mass is 16.5. The van der Waals surface area contributed by atoms with E-state index in [4.69, 9.17) is 30.3 Å². The van der Waals surface area contributed by atoms with Crippen molar-refractivity contribution in [2.45, 2.75) is 32.4 Å². The maximum atomic E-state index is 11.4. The molecule has 0 spiro atoms. The molecule has 1 aliphatic rings. The quantitative estimate of drug-likeness (QED) is 0.532. The van der Waals surface area contributed by atoms with Crippen LogP contribution in [0.4, 0.5) is 6.01 Å². The molecule has 9 nitrogen and oxygen atoms in total. The standard InChI is InChI=1S/C21H21N5O4/c1-11(19(22)27)29-13-9-15-18-17(10-13)28-7-3-2-6-26(18)20(24-15)12-4-5-16-14(8-12)25-21(23)30-16/h4-5,8-11H,2-3,6-7H2,1H3,(H2,22,27)(H2,23,25)/t11-/m0/s1. The molecule has 0 bridgehead atoms. The number of rotatable bonds is 4. The molecule has 0 saturated heterocycles. The van der Waals surface area contributed by atoms with E-state index in [1.54, 1.807) is 19.1 Å². The third kappa shape index (κ3) is 3.08. The molecule has 1 aliphatic heterocycles. The summed E-state index contributed by atoms with van der Waals surface area (Å²) >= 11 is 0. The second-order valence-corrected chi connectivity index (χ2v) is 7.33. The molecule has 4 aromatic rings. The molecule has 30 heavy (non-hydrogen) atoms. The van der Waals surface area contributed by atoms with Crippen LogP contribution in [0.2, 0.25) is 0 Å². The molecular formula is C21H21N5O4. The molecule has 1 atom stereocenters. The van der Waals surface area contributed by atoms with Gasteiger partial charge in [-0.05, 0) is 38.0 Å². The number of aryl methyl sites for hydroxylation is 1. The normalized spacial score (nSPS) is 14.8. The zero-order valence-electron chi connectivity index (χ0n) is 16.4. The van der Waals surface area contributed by atoms with E-state index in [1.165, 1.54) is 0 Å². The highest BCUT2D eigenvalue weighted by molar-refractivity contribution is 5.89. The number of imidazole rings is 1. The Morgan fingerprint density at radius 3 is 2.90 bits per heavy atom. The summed E-state index contributed by atoms with van der Waals surface area (Å²) in [6, 6.07) is 9.40. The lowest BCUT2D eigenvalue weighted by molar-refractivity contribution is -0.123. The Kier molecular flexibility index (Phi) is 4.23. The molecule has 0 aliphatic carbocycles. The Bertz CT molecular complexity index is 1280. The number of nitrogen functional groups attached to an aromatic ring is 1. The van der Waals surface area contributed by atoms with Gasteiger partial charge in [-0.15, -0.1) is 0 Å². The second kappa shape index (κ2) is 6.94. The lowest BCUT2D eigenvalue weighted by atomic mass is 10.2. The minimum atomic E-state index is -0.759. The first-order valence-electron chi connectivity index (χ1n) is 9.79. The lowest BCUT2D eigenvalue weighted by Gasteiger charge is -2.18. The van der Waals surface area contributed by atoms with Crippen LogP contribution in [0.3, 0.4) is 0 Å². The summed E-state index contributed by atoms with van der Waals surface area (Å²) in [5.41, 5.74) is 14.8. The zero-order chi connectivity index (χ0) is 20.8. The number of primary amides is 1. The molecule has 2 aromatic carbocycles. The Morgan fingerprint density at radius 1 is 1.20 bits per heavy atom. The summed E-state index contributed by atoms with van der Waals surface area (Å²) < 4.78 is 19.2. The van der Waals surface area contributed by atoms with Gasteiger partial charge >= 0.3 is 0 Å². The zero-order valence-corrected chi connectivity index (χ0v) is 16.4. The van der Waals surface area contributed by atoms with E-state index in [-0.39, 0.29) is 6.01 Å². The average molecular weight is 407 g/mol. The third-order valence-electron chi connectivity index (χ3n) is 5.19. The molecule has 2 aromatic heterocycles. The van der Waals surface area contributed by atoms with Crippen LogP contribution in [0.5, 0.6) is 11.5 Å². The fourth-order valence-electron chi connectivity index (χ4n) is 3.72. The van der Waals surface area contributed by atoms with E-state index in [1.807, 2.05) is 18.2 Å². The van der Waals surface area contributed by atoms with Crippen LogP contribution in [0.25, 0.3) is 33.5 Å². The number of carbonyl (C=O) groups is 1. The topological polar surface area (TPSA) is 131 Å². The van der Waals surface area contributed by atoms with Crippen molar-refractivity contribution in [3.8, 4) is 22.9 Å². The number of fused-ring (bicyclic) bond motifs is 1. The Hall–Kier alpha value is -3.75. The molecule has 0 fully saturated rings. The van der Waals surface area contributed by atoms with Gasteiger partial charge in [0.25, 0.3) is 11.9 Å². The van der Waals surface area contributed by atoms with Gasteiger partial charge in [0.05, 0.1) is 12.1 Å². The van der Waals surface area contributed by atoms with E-state index in [9.17, 15) is 4.79 Å². The first kappa shape index (κ1) is 18.3. The SMILES string of the molecule is C[C@H](Oc1cc2c3c(c1)nc(-c1ccc4oc(N)nc4c1)n3CCCCO2)C(N)=O. The summed E-state index contributed by atoms with van der Waals surface area (Å²) in [5.74, 6) is 1.41. The highest BCUT2D eigenvalue weighted by Crippen LogP contribution is 2.37. The molecule has 0 radical (unpaired) electrons. The molecule has 3 heterocycles. The predicted molar refractivity (Wildman–Crippen MR) is 111 cm³/mol. The van der Waals surface area contributed by atoms with Gasteiger partial charge in [0, 0.05) is 24.2 Å². The number of carbonyl (C=O) groups excluding carboxylic acids is 1. The molecule has 0 unspecified atom stereocenters. The van der Waals surface area contributed by atoms with Gasteiger partial charge in [-0.25, -0.2) is 4.98 Å². The molecule has 4 N–H and O–H groups in total. The van der Waals surface area contributed by atoms with Gasteiger partial charge in [0.15, 0.2) is 11.7 Å². The number of ether oxygens (including phenoxy) is 2. The van der Waals surface area contributed by atoms with Crippen LogP contribution < -0.4 is 20.9 Å². The van der Waals surface area contributed by atoms with Crippen molar-refractivity contribution in [1.82, 2.24) is 14.5 Å². The van der Waals surface area contributed by atoms with E-state index < -0.39 is 12.0 Å². The lowest BCUT2D eigenvalue weighted by Crippen LogP contribution is -2.30. The number of hydrogen-bond acceptors (Lipinski definition) is 7. The molecule has 9 heteroatoms. The van der Waals surface area contributed by atoms with Crippen molar-refractivity contribution in [3.05, 3.63) is 30.3 Å². The van der Waals surface area contributed by atoms with E-state index in [0.29, 0.717) is 29.2 Å². The highest BCUT2D eigenvalue weighted by Gasteiger charge is 2.21. The van der Waals surface area contributed by atoms with Crippen molar-refractivity contribution < 1.29 is 18.7 Å². The number of anilines is 1. The summed E-state index contributed by atoms with van der Waals surface area (Å²) in [7, 11) is 0. The smallest absolute Gasteiger partial charge is 0.292 e. The number of benzene rings is 2. The van der Waals surface area contributed by atoms with Crippen LogP contribution >= 0.6 is 0 Å². The Balaban J connectivity index is 1.68. The molecule has 5 rings (SSSR count). The summed E-state index contributed by atoms with van der Waals surface area (Å²) in [6.45, 7) is 3.02. The Labute approximate surface area is 171 Å². The second-order valence-electron chi connectivity index (χ2n) is 7.33. The number of amides is 1. The predicted octanol–water partition coefficient (Wildman–Crippen LogP) is 2.85. The van der Waals surface area contributed by atoms with E-state index in [2.05, 4.69) is 9.55 Å². The van der Waals surface area contributed by atoms with Crippen molar-refractivity contribution >= 4 is 34.1 Å². The van der Waals surface area contributed by atoms with Crippen molar-refractivity contribution in [2.75, 3.05) is 12.3 Å². The van der Waals surface area contributed by atoms with Crippen LogP contribution in [-0.4, -0.2) is 33.2 Å². The number of oxazole rings is 1. The van der Waals surface area contributed by atoms with Gasteiger partial charge in [-0.3, -0.25) is 4.79 Å². The van der Waals surface area contributed by atoms with E-state index >= 15 is 0 Å². The fourth-order valence-corrected chi connectivity index (χ4v) is 3.72. The first-order valence-corrected chi connectivity index (χ1v) is 9.79. The minimum Gasteiger partial charge on any atom is -0.491 e. The van der Waals surface area contributed by atoms with E-state index in [0.717, 1.165) is 41.8 Å². The van der Waals surface area contributed by atoms with Gasteiger partial charge in [0.2, 0.25) is 0 Å². The third-order valence-corrected chi connectivity index (χ3v) is 5.19. The number of aromatic nitrogens is 3. The summed E-state index contributed by atoms with van der Waals surface area (Å²) in [6.07, 6.45) is 1.12. The number of hydrogen-bond donors (Lipinski definition) is 2. The maximum absolute atomic E-state index is 11.4. The van der Waals surface area contributed by atoms with Gasteiger partial charge < -0.3 is 29.9 Å². The maximum Gasteiger partial charge on any atom is 0.292 e. The first-order chi connectivity index (χ1) is 14.5. The van der Waals surface area contributed by atoms with Gasteiger partial charge in [-0.1, -0.05) is 0 Å². The van der Waals surface area contributed by atoms with Crippen LogP contribution in [0, 0.1) is 0 Å². The van der Waals surface area contributed by atoms with Gasteiger partial charge in [0.1, 0.15) is 28.4 Å². The van der Waals surface area contributed by atoms with Crippen LogP contribution in [-0.2, 0) is 11.3 Å². The molecular weight excluding hydrogens is 386 g/mol. The summed E-state index contributed by atoms with van der Waals surface area (Å²) in [5, 5.41) is 0. The number of nitrogens with two attached hydrogens (primary N) is 2.